The molecule has 1 saturated heterocycles. The highest BCUT2D eigenvalue weighted by Crippen LogP contribution is 2.22. The monoisotopic (exact) mass is 376 g/mol. The average Bonchev–Trinajstić information content (AvgIpc) is 2.60. The molecule has 0 amide bonds. The van der Waals surface area contributed by atoms with Crippen LogP contribution in [0.3, 0.4) is 0 Å². The lowest BCUT2D eigenvalue weighted by atomic mass is 9.96. The Labute approximate surface area is 151 Å². The lowest BCUT2D eigenvalue weighted by Gasteiger charge is -2.32. The summed E-state index contributed by atoms with van der Waals surface area (Å²) in [6.07, 6.45) is -3.76. The van der Waals surface area contributed by atoms with Gasteiger partial charge in [-0.1, -0.05) is 0 Å². The van der Waals surface area contributed by atoms with Gasteiger partial charge in [0.1, 0.15) is 24.2 Å². The van der Waals surface area contributed by atoms with Gasteiger partial charge in [-0.3, -0.25) is 0 Å². The number of alkyl halides is 3. The van der Waals surface area contributed by atoms with E-state index >= 15 is 0 Å². The molecule has 0 radical (unpaired) electrons. The Morgan fingerprint density at radius 2 is 1.85 bits per heavy atom. The van der Waals surface area contributed by atoms with Gasteiger partial charge in [0.15, 0.2) is 0 Å². The van der Waals surface area contributed by atoms with Crippen LogP contribution in [0.25, 0.3) is 0 Å². The fraction of sp³-hybridized carbons (Fsp3) is 0.667. The van der Waals surface area contributed by atoms with Gasteiger partial charge < -0.3 is 25.2 Å². The van der Waals surface area contributed by atoms with Gasteiger partial charge in [0.2, 0.25) is 0 Å². The van der Waals surface area contributed by atoms with E-state index in [9.17, 15) is 23.4 Å². The molecule has 0 saturated carbocycles. The Morgan fingerprint density at radius 3 is 2.46 bits per heavy atom. The molecule has 8 heteroatoms. The van der Waals surface area contributed by atoms with Gasteiger partial charge >= 0.3 is 6.18 Å². The van der Waals surface area contributed by atoms with Gasteiger partial charge in [-0.2, -0.15) is 13.2 Å². The first-order valence-corrected chi connectivity index (χ1v) is 8.91. The van der Waals surface area contributed by atoms with Crippen LogP contribution in [-0.4, -0.2) is 66.7 Å². The van der Waals surface area contributed by atoms with Crippen molar-refractivity contribution in [3.05, 3.63) is 24.3 Å². The van der Waals surface area contributed by atoms with Crippen LogP contribution in [0.15, 0.2) is 24.3 Å². The molecule has 0 bridgehead atoms. The Hall–Kier alpha value is -1.51. The molecular weight excluding hydrogens is 349 g/mol. The molecular formula is C18H27F3N2O3. The van der Waals surface area contributed by atoms with E-state index < -0.39 is 18.7 Å². The largest absolute Gasteiger partial charge is 0.508 e. The van der Waals surface area contributed by atoms with Crippen LogP contribution < -0.4 is 10.1 Å². The van der Waals surface area contributed by atoms with E-state index in [-0.39, 0.29) is 18.9 Å². The quantitative estimate of drug-likeness (QED) is 0.618. The number of hydrogen-bond acceptors (Lipinski definition) is 5. The number of nitrogens with zero attached hydrogens (tertiary/aromatic N) is 1. The van der Waals surface area contributed by atoms with Crippen molar-refractivity contribution in [2.75, 3.05) is 39.3 Å². The highest BCUT2D eigenvalue weighted by atomic mass is 19.4. The SMILES string of the molecule is Oc1ccc(OCC(O)CNCC2CCN(CCC(F)(F)F)CC2)cc1. The summed E-state index contributed by atoms with van der Waals surface area (Å²) in [5.41, 5.74) is 0. The molecule has 1 heterocycles. The summed E-state index contributed by atoms with van der Waals surface area (Å²) < 4.78 is 42.1. The van der Waals surface area contributed by atoms with E-state index in [1.165, 1.54) is 12.1 Å². The Balaban J connectivity index is 1.54. The molecule has 1 aliphatic heterocycles. The second-order valence-corrected chi connectivity index (χ2v) is 6.77. The summed E-state index contributed by atoms with van der Waals surface area (Å²) in [5.74, 6) is 1.15. The smallest absolute Gasteiger partial charge is 0.390 e. The Morgan fingerprint density at radius 1 is 1.19 bits per heavy atom. The van der Waals surface area contributed by atoms with Crippen molar-refractivity contribution >= 4 is 0 Å². The minimum Gasteiger partial charge on any atom is -0.508 e. The van der Waals surface area contributed by atoms with Crippen LogP contribution in [-0.2, 0) is 0 Å². The van der Waals surface area contributed by atoms with E-state index in [0.29, 0.717) is 31.3 Å². The highest BCUT2D eigenvalue weighted by Gasteiger charge is 2.29. The van der Waals surface area contributed by atoms with E-state index in [1.807, 2.05) is 4.90 Å². The van der Waals surface area contributed by atoms with Crippen LogP contribution in [0.2, 0.25) is 0 Å². The van der Waals surface area contributed by atoms with E-state index in [0.717, 1.165) is 19.4 Å². The molecule has 3 N–H and O–H groups in total. The van der Waals surface area contributed by atoms with Gasteiger partial charge in [0.25, 0.3) is 0 Å². The van der Waals surface area contributed by atoms with Crippen molar-refractivity contribution in [1.82, 2.24) is 10.2 Å². The molecule has 0 aromatic heterocycles. The number of halogens is 3. The van der Waals surface area contributed by atoms with Gasteiger partial charge in [-0.05, 0) is 62.7 Å². The van der Waals surface area contributed by atoms with Crippen LogP contribution in [0, 0.1) is 5.92 Å². The topological polar surface area (TPSA) is 65.0 Å². The van der Waals surface area contributed by atoms with Crippen molar-refractivity contribution in [2.24, 2.45) is 5.92 Å². The maximum Gasteiger partial charge on any atom is 0.390 e. The van der Waals surface area contributed by atoms with Gasteiger partial charge in [0, 0.05) is 13.1 Å². The van der Waals surface area contributed by atoms with Crippen LogP contribution in [0.1, 0.15) is 19.3 Å². The maximum absolute atomic E-state index is 12.2. The van der Waals surface area contributed by atoms with Crippen molar-refractivity contribution < 1.29 is 28.1 Å². The van der Waals surface area contributed by atoms with Gasteiger partial charge in [0.05, 0.1) is 6.42 Å². The number of rotatable bonds is 9. The molecule has 1 aromatic rings. The lowest BCUT2D eigenvalue weighted by molar-refractivity contribution is -0.138. The summed E-state index contributed by atoms with van der Waals surface area (Å²) >= 11 is 0. The summed E-state index contributed by atoms with van der Waals surface area (Å²) in [6, 6.07) is 6.28. The highest BCUT2D eigenvalue weighted by molar-refractivity contribution is 5.30. The molecule has 26 heavy (non-hydrogen) atoms. The molecule has 5 nitrogen and oxygen atoms in total. The Kier molecular flexibility index (Phi) is 7.99. The molecule has 0 spiro atoms. The predicted octanol–water partition coefficient (Wildman–Crippen LogP) is 2.39. The molecule has 148 valence electrons. The number of phenolic OH excluding ortho intramolecular Hbond substituents is 1. The summed E-state index contributed by atoms with van der Waals surface area (Å²) in [7, 11) is 0. The molecule has 1 unspecified atom stereocenters. The van der Waals surface area contributed by atoms with Crippen molar-refractivity contribution in [1.29, 1.82) is 0 Å². The molecule has 1 fully saturated rings. The zero-order valence-corrected chi connectivity index (χ0v) is 14.7. The van der Waals surface area contributed by atoms with E-state index in [1.54, 1.807) is 12.1 Å². The minimum atomic E-state index is -4.09. The molecule has 1 atom stereocenters. The number of nitrogens with one attached hydrogen (secondary N) is 1. The third-order valence-corrected chi connectivity index (χ3v) is 4.51. The second kappa shape index (κ2) is 9.99. The first kappa shape index (κ1) is 20.8. The lowest BCUT2D eigenvalue weighted by Crippen LogP contribution is -2.40. The number of piperidine rings is 1. The molecule has 1 aliphatic rings. The minimum absolute atomic E-state index is 0.0803. The fourth-order valence-corrected chi connectivity index (χ4v) is 2.95. The normalized spacial score (nSPS) is 18.0. The van der Waals surface area contributed by atoms with Crippen molar-refractivity contribution in [2.45, 2.75) is 31.5 Å². The average molecular weight is 376 g/mol. The second-order valence-electron chi connectivity index (χ2n) is 6.77. The van der Waals surface area contributed by atoms with Crippen LogP contribution in [0.5, 0.6) is 11.5 Å². The van der Waals surface area contributed by atoms with Crippen LogP contribution >= 0.6 is 0 Å². The fourth-order valence-electron chi connectivity index (χ4n) is 2.95. The number of benzene rings is 1. The standard InChI is InChI=1S/C18H27F3N2O3/c19-18(20,21)7-10-23-8-5-14(6-9-23)11-22-12-16(25)13-26-17-3-1-15(24)2-4-17/h1-4,14,16,22,24-25H,5-13H2. The molecule has 1 aromatic carbocycles. The zero-order valence-electron chi connectivity index (χ0n) is 14.7. The van der Waals surface area contributed by atoms with E-state index in [2.05, 4.69) is 5.32 Å². The summed E-state index contributed by atoms with van der Waals surface area (Å²) in [6.45, 7) is 2.74. The van der Waals surface area contributed by atoms with Crippen molar-refractivity contribution in [3.8, 4) is 11.5 Å². The Bertz CT molecular complexity index is 517. The third-order valence-electron chi connectivity index (χ3n) is 4.51. The van der Waals surface area contributed by atoms with E-state index in [4.69, 9.17) is 4.74 Å². The zero-order chi connectivity index (χ0) is 19.0. The number of aliphatic hydroxyl groups is 1. The van der Waals surface area contributed by atoms with Gasteiger partial charge in [-0.15, -0.1) is 0 Å². The predicted molar refractivity (Wildman–Crippen MR) is 92.3 cm³/mol. The number of hydrogen-bond donors (Lipinski definition) is 3. The number of likely N-dealkylation sites (tertiary alicyclic amines) is 1. The third kappa shape index (κ3) is 8.25. The first-order chi connectivity index (χ1) is 12.3. The number of aliphatic hydroxyl groups excluding tert-OH is 1. The first-order valence-electron chi connectivity index (χ1n) is 8.91. The molecule has 0 aliphatic carbocycles. The summed E-state index contributed by atoms with van der Waals surface area (Å²) in [4.78, 5) is 1.87. The van der Waals surface area contributed by atoms with Gasteiger partial charge in [-0.25, -0.2) is 0 Å². The number of phenols is 1. The summed E-state index contributed by atoms with van der Waals surface area (Å²) in [5, 5.41) is 22.3. The number of aromatic hydroxyl groups is 1. The maximum atomic E-state index is 12.2. The number of ether oxygens (including phenoxy) is 1. The molecule has 2 rings (SSSR count). The van der Waals surface area contributed by atoms with Crippen molar-refractivity contribution in [3.63, 3.8) is 0 Å². The van der Waals surface area contributed by atoms with Crippen LogP contribution in [0.4, 0.5) is 13.2 Å².